The Morgan fingerprint density at radius 3 is 2.26 bits per heavy atom. The number of likely N-dealkylation sites (N-methyl/N-ethyl adjacent to an activating group) is 2. The van der Waals surface area contributed by atoms with Crippen LogP contribution in [0.5, 0.6) is 0 Å². The molecule has 19 heavy (non-hydrogen) atoms. The Morgan fingerprint density at radius 1 is 1.26 bits per heavy atom. The zero-order valence-electron chi connectivity index (χ0n) is 13.0. The summed E-state index contributed by atoms with van der Waals surface area (Å²) in [4.78, 5) is 28.1. The van der Waals surface area contributed by atoms with Crippen LogP contribution in [-0.2, 0) is 9.59 Å². The lowest BCUT2D eigenvalue weighted by Crippen LogP contribution is -2.48. The molecule has 0 radical (unpaired) electrons. The van der Waals surface area contributed by atoms with Crippen LogP contribution >= 0.6 is 0 Å². The van der Waals surface area contributed by atoms with Crippen LogP contribution in [0.3, 0.4) is 0 Å². The molecule has 2 bridgehead atoms. The molecule has 0 saturated heterocycles. The van der Waals surface area contributed by atoms with Gasteiger partial charge in [-0.05, 0) is 31.2 Å². The van der Waals surface area contributed by atoms with E-state index in [0.717, 1.165) is 12.8 Å². The first kappa shape index (κ1) is 14.5. The molecule has 3 unspecified atom stereocenters. The summed E-state index contributed by atoms with van der Waals surface area (Å²) in [7, 11) is 5.41. The Hall–Kier alpha value is -0.900. The molecule has 108 valence electrons. The highest BCUT2D eigenvalue weighted by molar-refractivity contribution is 5.94. The Bertz CT molecular complexity index is 416. The van der Waals surface area contributed by atoms with Gasteiger partial charge in [-0.2, -0.15) is 0 Å². The molecule has 3 atom stereocenters. The average Bonchev–Trinajstić information content (AvgIpc) is 2.60. The van der Waals surface area contributed by atoms with E-state index in [4.69, 9.17) is 0 Å². The van der Waals surface area contributed by atoms with Crippen LogP contribution in [0, 0.1) is 16.7 Å². The first-order chi connectivity index (χ1) is 8.63. The molecular formula is C15H26N2O2. The van der Waals surface area contributed by atoms with Crippen molar-refractivity contribution < 1.29 is 9.59 Å². The number of Topliss-reactive ketones (excluding diaryl/α,β-unsaturated/α-hetero) is 1. The fourth-order valence-corrected chi connectivity index (χ4v) is 4.00. The van der Waals surface area contributed by atoms with Crippen molar-refractivity contribution in [1.82, 2.24) is 9.80 Å². The Labute approximate surface area is 116 Å². The van der Waals surface area contributed by atoms with Crippen LogP contribution in [-0.4, -0.2) is 55.2 Å². The van der Waals surface area contributed by atoms with Gasteiger partial charge in [-0.15, -0.1) is 0 Å². The third kappa shape index (κ3) is 1.83. The molecule has 2 aliphatic rings. The van der Waals surface area contributed by atoms with Gasteiger partial charge in [0.2, 0.25) is 5.91 Å². The summed E-state index contributed by atoms with van der Waals surface area (Å²) in [5.41, 5.74) is -0.165. The summed E-state index contributed by atoms with van der Waals surface area (Å²) >= 11 is 0. The van der Waals surface area contributed by atoms with Crippen LogP contribution in [0.15, 0.2) is 0 Å². The van der Waals surface area contributed by atoms with Crippen LogP contribution < -0.4 is 0 Å². The summed E-state index contributed by atoms with van der Waals surface area (Å²) in [6, 6.07) is -0.0855. The molecule has 0 aromatic heterocycles. The summed E-state index contributed by atoms with van der Waals surface area (Å²) in [5.74, 6) is 0.772. The lowest BCUT2D eigenvalue weighted by molar-refractivity contribution is -0.135. The first-order valence-corrected chi connectivity index (χ1v) is 7.07. The largest absolute Gasteiger partial charge is 0.348 e. The maximum Gasteiger partial charge on any atom is 0.236 e. The van der Waals surface area contributed by atoms with Crippen molar-refractivity contribution >= 4 is 11.7 Å². The topological polar surface area (TPSA) is 40.6 Å². The van der Waals surface area contributed by atoms with E-state index in [2.05, 4.69) is 20.8 Å². The minimum Gasteiger partial charge on any atom is -0.348 e. The van der Waals surface area contributed by atoms with E-state index < -0.39 is 0 Å². The van der Waals surface area contributed by atoms with Crippen LogP contribution in [0.25, 0.3) is 0 Å². The molecule has 2 aliphatic carbocycles. The van der Waals surface area contributed by atoms with Gasteiger partial charge in [0.25, 0.3) is 0 Å². The predicted octanol–water partition coefficient (Wildman–Crippen LogP) is 1.40. The quantitative estimate of drug-likeness (QED) is 0.775. The number of hydrogen-bond acceptors (Lipinski definition) is 3. The number of amides is 1. The van der Waals surface area contributed by atoms with E-state index in [1.165, 1.54) is 0 Å². The number of carbonyl (C=O) groups excluding carboxylic acids is 2. The second-order valence-corrected chi connectivity index (χ2v) is 7.21. The van der Waals surface area contributed by atoms with Crippen molar-refractivity contribution in [3.8, 4) is 0 Å². The third-order valence-electron chi connectivity index (χ3n) is 5.86. The van der Waals surface area contributed by atoms with Crippen LogP contribution in [0.4, 0.5) is 0 Å². The normalized spacial score (nSPS) is 36.1. The molecule has 0 N–H and O–H groups in total. The molecule has 0 aliphatic heterocycles. The maximum atomic E-state index is 12.7. The molecule has 0 aromatic carbocycles. The lowest BCUT2D eigenvalue weighted by atomic mass is 9.70. The second-order valence-electron chi connectivity index (χ2n) is 7.21. The number of fused-ring (bicyclic) bond motifs is 2. The molecule has 2 rings (SSSR count). The Morgan fingerprint density at radius 2 is 1.84 bits per heavy atom. The lowest BCUT2D eigenvalue weighted by Gasteiger charge is -2.32. The van der Waals surface area contributed by atoms with Crippen molar-refractivity contribution in [1.29, 1.82) is 0 Å². The zero-order valence-corrected chi connectivity index (χ0v) is 13.0. The van der Waals surface area contributed by atoms with E-state index in [1.807, 2.05) is 11.9 Å². The summed E-state index contributed by atoms with van der Waals surface area (Å²) in [5, 5.41) is 0. The van der Waals surface area contributed by atoms with Crippen molar-refractivity contribution in [3.05, 3.63) is 0 Å². The van der Waals surface area contributed by atoms with Gasteiger partial charge in [0, 0.05) is 19.5 Å². The maximum absolute atomic E-state index is 12.7. The summed E-state index contributed by atoms with van der Waals surface area (Å²) in [6.45, 7) is 6.86. The monoisotopic (exact) mass is 266 g/mol. The Kier molecular flexibility index (Phi) is 3.28. The van der Waals surface area contributed by atoms with E-state index in [1.54, 1.807) is 19.0 Å². The highest BCUT2D eigenvalue weighted by Gasteiger charge is 2.66. The van der Waals surface area contributed by atoms with Gasteiger partial charge >= 0.3 is 0 Å². The van der Waals surface area contributed by atoms with Gasteiger partial charge in [-0.1, -0.05) is 20.8 Å². The molecule has 0 spiro atoms. The highest BCUT2D eigenvalue weighted by atomic mass is 16.2. The number of ketones is 1. The molecule has 2 fully saturated rings. The SMILES string of the molecule is CN(C)C(=O)CN(C)C1C(=O)C2(C)CCC1C2(C)C. The van der Waals surface area contributed by atoms with E-state index >= 15 is 0 Å². The summed E-state index contributed by atoms with van der Waals surface area (Å²) < 4.78 is 0. The summed E-state index contributed by atoms with van der Waals surface area (Å²) in [6.07, 6.45) is 2.09. The van der Waals surface area contributed by atoms with Gasteiger partial charge in [0.1, 0.15) is 0 Å². The molecule has 4 nitrogen and oxygen atoms in total. The first-order valence-electron chi connectivity index (χ1n) is 7.07. The van der Waals surface area contributed by atoms with Gasteiger partial charge in [-0.25, -0.2) is 0 Å². The second kappa shape index (κ2) is 4.30. The van der Waals surface area contributed by atoms with Crippen molar-refractivity contribution in [2.75, 3.05) is 27.7 Å². The minimum absolute atomic E-state index is 0.0458. The fraction of sp³-hybridized carbons (Fsp3) is 0.867. The van der Waals surface area contributed by atoms with E-state index in [0.29, 0.717) is 18.2 Å². The number of rotatable bonds is 3. The molecule has 0 heterocycles. The predicted molar refractivity (Wildman–Crippen MR) is 74.7 cm³/mol. The average molecular weight is 266 g/mol. The van der Waals surface area contributed by atoms with E-state index in [-0.39, 0.29) is 22.8 Å². The molecule has 4 heteroatoms. The molecular weight excluding hydrogens is 240 g/mol. The highest BCUT2D eigenvalue weighted by Crippen LogP contribution is 2.64. The zero-order chi connectivity index (χ0) is 14.6. The van der Waals surface area contributed by atoms with Crippen molar-refractivity contribution in [2.45, 2.75) is 39.7 Å². The fourth-order valence-electron chi connectivity index (χ4n) is 4.00. The van der Waals surface area contributed by atoms with Gasteiger partial charge in [-0.3, -0.25) is 14.5 Å². The van der Waals surface area contributed by atoms with E-state index in [9.17, 15) is 9.59 Å². The number of hydrogen-bond donors (Lipinski definition) is 0. The standard InChI is InChI=1S/C15H26N2O2/c1-14(2)10-7-8-15(14,3)13(19)12(10)17(6)9-11(18)16(4)5/h10,12H,7-9H2,1-6H3. The molecule has 2 saturated carbocycles. The van der Waals surface area contributed by atoms with Crippen molar-refractivity contribution in [2.24, 2.45) is 16.7 Å². The molecule has 0 aromatic rings. The molecule has 1 amide bonds. The van der Waals surface area contributed by atoms with Crippen LogP contribution in [0.1, 0.15) is 33.6 Å². The van der Waals surface area contributed by atoms with Crippen molar-refractivity contribution in [3.63, 3.8) is 0 Å². The van der Waals surface area contributed by atoms with Gasteiger partial charge in [0.15, 0.2) is 5.78 Å². The minimum atomic E-state index is -0.211. The van der Waals surface area contributed by atoms with Gasteiger partial charge < -0.3 is 4.90 Å². The Balaban J connectivity index is 2.19. The number of nitrogens with zero attached hydrogens (tertiary/aromatic N) is 2. The van der Waals surface area contributed by atoms with Gasteiger partial charge in [0.05, 0.1) is 12.6 Å². The third-order valence-corrected chi connectivity index (χ3v) is 5.86. The smallest absolute Gasteiger partial charge is 0.236 e. The number of carbonyl (C=O) groups is 2. The van der Waals surface area contributed by atoms with Crippen LogP contribution in [0.2, 0.25) is 0 Å².